The van der Waals surface area contributed by atoms with Crippen LogP contribution in [0.4, 0.5) is 26.1 Å². The van der Waals surface area contributed by atoms with Crippen LogP contribution >= 0.6 is 11.8 Å². The maximum absolute atomic E-state index is 12.6. The number of nitrogens with zero attached hydrogens (tertiary/aromatic N) is 2. The first-order valence-corrected chi connectivity index (χ1v) is 15.8. The largest absolute Gasteiger partial charge is 0.393 e. The number of anilines is 3. The predicted octanol–water partition coefficient (Wildman–Crippen LogP) is 5.47. The minimum absolute atomic E-state index is 0.270. The summed E-state index contributed by atoms with van der Waals surface area (Å²) in [5.41, 5.74) is 13.4. The van der Waals surface area contributed by atoms with Crippen LogP contribution < -0.4 is 16.8 Å². The Kier molecular flexibility index (Phi) is 13.5. The van der Waals surface area contributed by atoms with Crippen molar-refractivity contribution in [2.45, 2.75) is 101 Å². The third kappa shape index (κ3) is 13.4. The maximum atomic E-state index is 12.6. The van der Waals surface area contributed by atoms with Gasteiger partial charge in [0.2, 0.25) is 0 Å². The standard InChI is InChI=1S/C18H31N5O2S.C9H8F2.C3H8O2/c1-2-9-26-18-22-16(20)15(19)17(23-18)21-13-5-6-14(10-13)25-8-7-24-11-12-3-4-12;10-8-4-3-7(5-9(8)11)6-1-2-6;1-3(2,4)5/h12-14H,2-11,19H2,1H3,(H3,20,21,22,23);3-6H,1-2H2;4-5H,1-2H3. The van der Waals surface area contributed by atoms with Gasteiger partial charge in [-0.05, 0) is 94.7 Å². The Morgan fingerprint density at radius 3 is 2.36 bits per heavy atom. The number of rotatable bonds is 12. The van der Waals surface area contributed by atoms with Gasteiger partial charge in [-0.1, -0.05) is 24.8 Å². The van der Waals surface area contributed by atoms with E-state index in [0.29, 0.717) is 47.7 Å². The zero-order valence-corrected chi connectivity index (χ0v) is 25.8. The Bertz CT molecular complexity index is 1110. The van der Waals surface area contributed by atoms with Crippen molar-refractivity contribution in [3.05, 3.63) is 35.4 Å². The van der Waals surface area contributed by atoms with Crippen molar-refractivity contribution in [3.8, 4) is 0 Å². The number of nitrogens with two attached hydrogens (primary N) is 2. The van der Waals surface area contributed by atoms with Crippen LogP contribution in [-0.2, 0) is 9.47 Å². The van der Waals surface area contributed by atoms with Crippen molar-refractivity contribution >= 4 is 29.1 Å². The van der Waals surface area contributed by atoms with Gasteiger partial charge in [0.15, 0.2) is 34.2 Å². The Labute approximate surface area is 252 Å². The monoisotopic (exact) mass is 611 g/mol. The number of benzene rings is 1. The number of aliphatic hydroxyl groups is 2. The maximum Gasteiger partial charge on any atom is 0.191 e. The molecule has 3 fully saturated rings. The normalized spacial score (nSPS) is 19.9. The predicted molar refractivity (Wildman–Crippen MR) is 163 cm³/mol. The molecule has 12 heteroatoms. The molecule has 3 aliphatic carbocycles. The Balaban J connectivity index is 0.000000247. The van der Waals surface area contributed by atoms with E-state index in [4.69, 9.17) is 31.2 Å². The number of hydrogen-bond donors (Lipinski definition) is 5. The lowest BCUT2D eigenvalue weighted by molar-refractivity contribution is -0.127. The number of aromatic nitrogens is 2. The molecule has 0 bridgehead atoms. The second-order valence-corrected chi connectivity index (χ2v) is 12.7. The minimum Gasteiger partial charge on any atom is -0.393 e. The highest BCUT2D eigenvalue weighted by Crippen LogP contribution is 2.40. The highest BCUT2D eigenvalue weighted by atomic mass is 32.2. The number of nitrogen functional groups attached to an aromatic ring is 2. The second-order valence-electron chi connectivity index (χ2n) is 11.6. The number of nitrogens with one attached hydrogen (secondary N) is 1. The summed E-state index contributed by atoms with van der Waals surface area (Å²) >= 11 is 1.60. The third-order valence-electron chi connectivity index (χ3n) is 6.74. The summed E-state index contributed by atoms with van der Waals surface area (Å²) in [5.74, 6) is 0.273. The second kappa shape index (κ2) is 16.6. The van der Waals surface area contributed by atoms with Gasteiger partial charge >= 0.3 is 0 Å². The molecule has 1 heterocycles. The Morgan fingerprint density at radius 1 is 1.02 bits per heavy atom. The van der Waals surface area contributed by atoms with E-state index in [1.165, 1.54) is 38.8 Å². The molecule has 2 aromatic rings. The van der Waals surface area contributed by atoms with E-state index < -0.39 is 17.4 Å². The van der Waals surface area contributed by atoms with Gasteiger partial charge in [0.05, 0.1) is 19.3 Å². The molecule has 7 N–H and O–H groups in total. The Morgan fingerprint density at radius 2 is 1.74 bits per heavy atom. The van der Waals surface area contributed by atoms with Gasteiger partial charge in [0.25, 0.3) is 0 Å². The van der Waals surface area contributed by atoms with Crippen LogP contribution in [0.25, 0.3) is 0 Å². The molecule has 2 atom stereocenters. The fourth-order valence-electron chi connectivity index (χ4n) is 4.24. The SMILES string of the molecule is CC(C)(O)O.CCCSc1nc(N)c(N)c(NC2CCC(OCCOCC3CC3)C2)n1.Fc1ccc(C2CC2)cc1F. The summed E-state index contributed by atoms with van der Waals surface area (Å²) in [6.45, 7) is 6.98. The molecule has 3 saturated carbocycles. The van der Waals surface area contributed by atoms with Gasteiger partial charge in [-0.2, -0.15) is 0 Å². The van der Waals surface area contributed by atoms with Crippen molar-refractivity contribution in [1.29, 1.82) is 0 Å². The summed E-state index contributed by atoms with van der Waals surface area (Å²) in [6, 6.07) is 4.46. The van der Waals surface area contributed by atoms with E-state index >= 15 is 0 Å². The lowest BCUT2D eigenvalue weighted by Crippen LogP contribution is -2.21. The molecule has 2 unspecified atom stereocenters. The van der Waals surface area contributed by atoms with Gasteiger partial charge < -0.3 is 36.5 Å². The van der Waals surface area contributed by atoms with Crippen LogP contribution in [0.15, 0.2) is 23.4 Å². The lowest BCUT2D eigenvalue weighted by atomic mass is 10.1. The molecule has 0 radical (unpaired) electrons. The molecule has 0 aliphatic heterocycles. The van der Waals surface area contributed by atoms with Gasteiger partial charge in [-0.15, -0.1) is 0 Å². The molecular weight excluding hydrogens is 564 g/mol. The molecular formula is C30H47F2N5O4S. The summed E-state index contributed by atoms with van der Waals surface area (Å²) in [4.78, 5) is 8.80. The molecule has 236 valence electrons. The highest BCUT2D eigenvalue weighted by molar-refractivity contribution is 7.99. The van der Waals surface area contributed by atoms with Crippen molar-refractivity contribution < 1.29 is 28.5 Å². The first kappa shape index (κ1) is 34.2. The fourth-order valence-corrected chi connectivity index (χ4v) is 4.95. The number of thioether (sulfide) groups is 1. The van der Waals surface area contributed by atoms with E-state index in [-0.39, 0.29) is 6.10 Å². The first-order valence-electron chi connectivity index (χ1n) is 14.8. The van der Waals surface area contributed by atoms with Gasteiger partial charge in [-0.3, -0.25) is 0 Å². The van der Waals surface area contributed by atoms with E-state index in [0.717, 1.165) is 62.4 Å². The first-order chi connectivity index (χ1) is 19.9. The fraction of sp³-hybridized carbons (Fsp3) is 0.667. The Hall–Kier alpha value is -2.25. The van der Waals surface area contributed by atoms with Crippen LogP contribution in [-0.4, -0.2) is 63.7 Å². The average molecular weight is 612 g/mol. The van der Waals surface area contributed by atoms with Gasteiger partial charge in [-0.25, -0.2) is 18.7 Å². The van der Waals surface area contributed by atoms with Crippen LogP contribution in [0.5, 0.6) is 0 Å². The molecule has 1 aromatic heterocycles. The smallest absolute Gasteiger partial charge is 0.191 e. The van der Waals surface area contributed by atoms with E-state index in [1.54, 1.807) is 17.8 Å². The van der Waals surface area contributed by atoms with E-state index in [2.05, 4.69) is 22.2 Å². The van der Waals surface area contributed by atoms with E-state index in [9.17, 15) is 8.78 Å². The highest BCUT2D eigenvalue weighted by Gasteiger charge is 2.27. The zero-order chi connectivity index (χ0) is 30.7. The third-order valence-corrected chi connectivity index (χ3v) is 7.79. The molecule has 1 aromatic carbocycles. The van der Waals surface area contributed by atoms with Gasteiger partial charge in [0.1, 0.15) is 5.69 Å². The molecule has 0 saturated heterocycles. The van der Waals surface area contributed by atoms with Crippen LogP contribution in [0.2, 0.25) is 0 Å². The van der Waals surface area contributed by atoms with Crippen molar-refractivity contribution in [3.63, 3.8) is 0 Å². The molecule has 9 nitrogen and oxygen atoms in total. The topological polar surface area (TPSA) is 149 Å². The molecule has 0 spiro atoms. The van der Waals surface area contributed by atoms with E-state index in [1.807, 2.05) is 0 Å². The average Bonchev–Trinajstić information content (AvgIpc) is 3.86. The van der Waals surface area contributed by atoms with Crippen molar-refractivity contribution in [2.75, 3.05) is 42.4 Å². The van der Waals surface area contributed by atoms with Crippen molar-refractivity contribution in [1.82, 2.24) is 9.97 Å². The number of ether oxygens (including phenoxy) is 2. The summed E-state index contributed by atoms with van der Waals surface area (Å²) < 4.78 is 36.6. The lowest BCUT2D eigenvalue weighted by Gasteiger charge is -2.17. The molecule has 0 amide bonds. The number of halogens is 2. The van der Waals surface area contributed by atoms with Crippen molar-refractivity contribution in [2.24, 2.45) is 5.92 Å². The summed E-state index contributed by atoms with van der Waals surface area (Å²) in [7, 11) is 0. The minimum atomic E-state index is -1.50. The number of hydrogen-bond acceptors (Lipinski definition) is 10. The van der Waals surface area contributed by atoms with Crippen LogP contribution in [0, 0.1) is 17.6 Å². The van der Waals surface area contributed by atoms with Crippen LogP contribution in [0.3, 0.4) is 0 Å². The summed E-state index contributed by atoms with van der Waals surface area (Å²) in [6.07, 6.45) is 9.24. The van der Waals surface area contributed by atoms with Crippen LogP contribution in [0.1, 0.15) is 83.6 Å². The van der Waals surface area contributed by atoms with Gasteiger partial charge in [0, 0.05) is 18.4 Å². The summed E-state index contributed by atoms with van der Waals surface area (Å²) in [5, 5.41) is 20.3. The molecule has 42 heavy (non-hydrogen) atoms. The molecule has 5 rings (SSSR count). The quantitative estimate of drug-likeness (QED) is 0.0905. The zero-order valence-electron chi connectivity index (χ0n) is 25.0. The molecule has 3 aliphatic rings.